The van der Waals surface area contributed by atoms with Gasteiger partial charge < -0.3 is 14.7 Å². The van der Waals surface area contributed by atoms with E-state index in [1.807, 2.05) is 19.0 Å². The lowest BCUT2D eigenvalue weighted by atomic mass is 10.2. The largest absolute Gasteiger partial charge is 0.492 e. The van der Waals surface area contributed by atoms with Crippen molar-refractivity contribution in [2.24, 2.45) is 0 Å². The van der Waals surface area contributed by atoms with Crippen LogP contribution in [0.25, 0.3) is 0 Å². The number of benzene rings is 1. The minimum atomic E-state index is -0.388. The molecule has 0 saturated heterocycles. The molecule has 3 nitrogen and oxygen atoms in total. The fourth-order valence-corrected chi connectivity index (χ4v) is 1.14. The molecular formula is C11H16FNO2. The molecule has 0 bridgehead atoms. The highest BCUT2D eigenvalue weighted by atomic mass is 19.1. The highest BCUT2D eigenvalue weighted by Crippen LogP contribution is 2.16. The summed E-state index contributed by atoms with van der Waals surface area (Å²) in [5.74, 6) is 0.0716. The molecule has 0 atom stereocenters. The third-order valence-corrected chi connectivity index (χ3v) is 1.92. The SMILES string of the molecule is CN(C)CCOc1cc(F)cc(CO)c1. The standard InChI is InChI=1S/C11H16FNO2/c1-13(2)3-4-15-11-6-9(8-14)5-10(12)7-11/h5-7,14H,3-4,8H2,1-2H3. The number of hydrogen-bond acceptors (Lipinski definition) is 3. The molecule has 0 aliphatic rings. The van der Waals surface area contributed by atoms with E-state index in [0.717, 1.165) is 6.54 Å². The molecule has 1 aromatic carbocycles. The van der Waals surface area contributed by atoms with Gasteiger partial charge in [-0.3, -0.25) is 0 Å². The van der Waals surface area contributed by atoms with Crippen molar-refractivity contribution in [1.82, 2.24) is 4.90 Å². The number of ether oxygens (including phenoxy) is 1. The zero-order valence-corrected chi connectivity index (χ0v) is 9.03. The van der Waals surface area contributed by atoms with Gasteiger partial charge in [0.15, 0.2) is 0 Å². The molecule has 0 unspecified atom stereocenters. The van der Waals surface area contributed by atoms with Crippen LogP contribution in [0.15, 0.2) is 18.2 Å². The van der Waals surface area contributed by atoms with Crippen molar-refractivity contribution >= 4 is 0 Å². The van der Waals surface area contributed by atoms with Gasteiger partial charge >= 0.3 is 0 Å². The first-order valence-electron chi connectivity index (χ1n) is 4.79. The van der Waals surface area contributed by atoms with Crippen LogP contribution in [0.5, 0.6) is 5.75 Å². The van der Waals surface area contributed by atoms with E-state index in [-0.39, 0.29) is 12.4 Å². The molecular weight excluding hydrogens is 197 g/mol. The Morgan fingerprint density at radius 3 is 2.67 bits per heavy atom. The maximum Gasteiger partial charge on any atom is 0.127 e. The van der Waals surface area contributed by atoms with Gasteiger partial charge in [-0.25, -0.2) is 4.39 Å². The minimum absolute atomic E-state index is 0.179. The Hall–Kier alpha value is -1.13. The number of likely N-dealkylation sites (N-methyl/N-ethyl adjacent to an activating group) is 1. The van der Waals surface area contributed by atoms with Crippen LogP contribution in [0, 0.1) is 5.82 Å². The van der Waals surface area contributed by atoms with Gasteiger partial charge in [-0.2, -0.15) is 0 Å². The number of nitrogens with zero attached hydrogens (tertiary/aromatic N) is 1. The average Bonchev–Trinajstić information content (AvgIpc) is 2.16. The van der Waals surface area contributed by atoms with Crippen molar-refractivity contribution in [2.75, 3.05) is 27.2 Å². The number of aliphatic hydroxyl groups excluding tert-OH is 1. The van der Waals surface area contributed by atoms with Crippen LogP contribution in [0.1, 0.15) is 5.56 Å². The van der Waals surface area contributed by atoms with Crippen LogP contribution in [0.4, 0.5) is 4.39 Å². The third-order valence-electron chi connectivity index (χ3n) is 1.92. The lowest BCUT2D eigenvalue weighted by molar-refractivity contribution is 0.257. The molecule has 0 aromatic heterocycles. The summed E-state index contributed by atoms with van der Waals surface area (Å²) in [4.78, 5) is 1.98. The van der Waals surface area contributed by atoms with Crippen molar-refractivity contribution < 1.29 is 14.2 Å². The van der Waals surface area contributed by atoms with Gasteiger partial charge in [-0.1, -0.05) is 0 Å². The summed E-state index contributed by atoms with van der Waals surface area (Å²) in [6.45, 7) is 1.09. The summed E-state index contributed by atoms with van der Waals surface area (Å²) in [7, 11) is 3.88. The molecule has 0 aliphatic heterocycles. The molecule has 0 saturated carbocycles. The lowest BCUT2D eigenvalue weighted by Crippen LogP contribution is -2.19. The van der Waals surface area contributed by atoms with E-state index in [1.54, 1.807) is 6.07 Å². The highest BCUT2D eigenvalue weighted by Gasteiger charge is 2.01. The molecule has 0 heterocycles. The summed E-state index contributed by atoms with van der Waals surface area (Å²) in [5.41, 5.74) is 0.523. The van der Waals surface area contributed by atoms with Crippen molar-refractivity contribution in [1.29, 1.82) is 0 Å². The minimum Gasteiger partial charge on any atom is -0.492 e. The fourth-order valence-electron chi connectivity index (χ4n) is 1.14. The van der Waals surface area contributed by atoms with E-state index in [4.69, 9.17) is 9.84 Å². The zero-order valence-electron chi connectivity index (χ0n) is 9.03. The Morgan fingerprint density at radius 2 is 2.07 bits per heavy atom. The topological polar surface area (TPSA) is 32.7 Å². The fraction of sp³-hybridized carbons (Fsp3) is 0.455. The number of halogens is 1. The Morgan fingerprint density at radius 1 is 1.33 bits per heavy atom. The molecule has 15 heavy (non-hydrogen) atoms. The maximum absolute atomic E-state index is 13.0. The molecule has 4 heteroatoms. The Labute approximate surface area is 89.1 Å². The average molecular weight is 213 g/mol. The van der Waals surface area contributed by atoms with Crippen molar-refractivity contribution in [3.63, 3.8) is 0 Å². The molecule has 84 valence electrons. The van der Waals surface area contributed by atoms with Crippen molar-refractivity contribution in [3.05, 3.63) is 29.6 Å². The molecule has 1 N–H and O–H groups in total. The van der Waals surface area contributed by atoms with E-state index >= 15 is 0 Å². The van der Waals surface area contributed by atoms with Gasteiger partial charge in [0.25, 0.3) is 0 Å². The molecule has 0 fully saturated rings. The maximum atomic E-state index is 13.0. The van der Waals surface area contributed by atoms with Gasteiger partial charge in [-0.05, 0) is 31.8 Å². The second-order valence-corrected chi connectivity index (χ2v) is 3.61. The molecule has 0 radical (unpaired) electrons. The van der Waals surface area contributed by atoms with Crippen molar-refractivity contribution in [2.45, 2.75) is 6.61 Å². The summed E-state index contributed by atoms with van der Waals surface area (Å²) >= 11 is 0. The van der Waals surface area contributed by atoms with Crippen LogP contribution < -0.4 is 4.74 Å². The Bertz CT molecular complexity index is 315. The van der Waals surface area contributed by atoms with Crippen LogP contribution >= 0.6 is 0 Å². The number of hydrogen-bond donors (Lipinski definition) is 1. The number of aliphatic hydroxyl groups is 1. The molecule has 0 spiro atoms. The van der Waals surface area contributed by atoms with Crippen LogP contribution in [0.3, 0.4) is 0 Å². The van der Waals surface area contributed by atoms with E-state index in [1.165, 1.54) is 12.1 Å². The van der Waals surface area contributed by atoms with Crippen LogP contribution in [0.2, 0.25) is 0 Å². The first-order chi connectivity index (χ1) is 7.11. The summed E-state index contributed by atoms with van der Waals surface area (Å²) in [5, 5.41) is 8.87. The summed E-state index contributed by atoms with van der Waals surface area (Å²) in [6.07, 6.45) is 0. The van der Waals surface area contributed by atoms with Crippen LogP contribution in [-0.2, 0) is 6.61 Å². The second-order valence-electron chi connectivity index (χ2n) is 3.61. The summed E-state index contributed by atoms with van der Waals surface area (Å²) in [6, 6.07) is 4.24. The normalized spacial score (nSPS) is 10.7. The quantitative estimate of drug-likeness (QED) is 0.799. The molecule has 0 amide bonds. The highest BCUT2D eigenvalue weighted by molar-refractivity contribution is 5.29. The van der Waals surface area contributed by atoms with E-state index < -0.39 is 0 Å². The molecule has 1 rings (SSSR count). The van der Waals surface area contributed by atoms with Gasteiger partial charge in [-0.15, -0.1) is 0 Å². The molecule has 1 aromatic rings. The predicted molar refractivity (Wildman–Crippen MR) is 56.4 cm³/mol. The van der Waals surface area contributed by atoms with E-state index in [0.29, 0.717) is 17.9 Å². The Kier molecular flexibility index (Phi) is 4.52. The first-order valence-corrected chi connectivity index (χ1v) is 4.79. The third kappa shape index (κ3) is 4.27. The van der Waals surface area contributed by atoms with E-state index in [9.17, 15) is 4.39 Å². The van der Waals surface area contributed by atoms with E-state index in [2.05, 4.69) is 0 Å². The van der Waals surface area contributed by atoms with Gasteiger partial charge in [0, 0.05) is 12.6 Å². The zero-order chi connectivity index (χ0) is 11.3. The van der Waals surface area contributed by atoms with Gasteiger partial charge in [0.05, 0.1) is 6.61 Å². The molecule has 0 aliphatic carbocycles. The smallest absolute Gasteiger partial charge is 0.127 e. The van der Waals surface area contributed by atoms with Crippen LogP contribution in [-0.4, -0.2) is 37.3 Å². The Balaban J connectivity index is 2.56. The lowest BCUT2D eigenvalue weighted by Gasteiger charge is -2.11. The van der Waals surface area contributed by atoms with Gasteiger partial charge in [0.2, 0.25) is 0 Å². The first kappa shape index (κ1) is 11.9. The number of rotatable bonds is 5. The second kappa shape index (κ2) is 5.68. The van der Waals surface area contributed by atoms with Gasteiger partial charge in [0.1, 0.15) is 18.2 Å². The van der Waals surface area contributed by atoms with Crippen molar-refractivity contribution in [3.8, 4) is 5.75 Å². The monoisotopic (exact) mass is 213 g/mol. The predicted octanol–water partition coefficient (Wildman–Crippen LogP) is 1.26. The summed E-state index contributed by atoms with van der Waals surface area (Å²) < 4.78 is 18.3.